The molecule has 1 aromatic rings. The molecule has 0 saturated carbocycles. The monoisotopic (exact) mass is 276 g/mol. The molecule has 1 atom stereocenters. The highest BCUT2D eigenvalue weighted by Gasteiger charge is 2.23. The van der Waals surface area contributed by atoms with Crippen LogP contribution in [0.25, 0.3) is 0 Å². The Labute approximate surface area is 123 Å². The van der Waals surface area contributed by atoms with Crippen LogP contribution in [0.1, 0.15) is 58.1 Å². The molecule has 0 bridgehead atoms. The Balaban J connectivity index is 2.13. The zero-order valence-electron chi connectivity index (χ0n) is 13.2. The molecule has 4 nitrogen and oxygen atoms in total. The quantitative estimate of drug-likeness (QED) is 0.803. The predicted molar refractivity (Wildman–Crippen MR) is 85.4 cm³/mol. The molecule has 0 radical (unpaired) electrons. The van der Waals surface area contributed by atoms with E-state index in [-0.39, 0.29) is 0 Å². The van der Waals surface area contributed by atoms with Gasteiger partial charge in [0.25, 0.3) is 0 Å². The first-order valence-corrected chi connectivity index (χ1v) is 8.10. The second-order valence-electron chi connectivity index (χ2n) is 5.73. The van der Waals surface area contributed by atoms with Gasteiger partial charge in [-0.05, 0) is 39.0 Å². The Hall–Kier alpha value is -1.32. The van der Waals surface area contributed by atoms with E-state index >= 15 is 0 Å². The second kappa shape index (κ2) is 7.46. The van der Waals surface area contributed by atoms with Crippen LogP contribution in [0.4, 0.5) is 11.8 Å². The molecule has 1 saturated heterocycles. The van der Waals surface area contributed by atoms with Gasteiger partial charge in [0.05, 0.1) is 0 Å². The van der Waals surface area contributed by atoms with E-state index in [1.54, 1.807) is 0 Å². The summed E-state index contributed by atoms with van der Waals surface area (Å²) in [4.78, 5) is 11.8. The van der Waals surface area contributed by atoms with Crippen LogP contribution in [-0.4, -0.2) is 29.1 Å². The lowest BCUT2D eigenvalue weighted by Crippen LogP contribution is -2.40. The highest BCUT2D eigenvalue weighted by atomic mass is 15.3. The van der Waals surface area contributed by atoms with E-state index in [1.807, 2.05) is 6.07 Å². The van der Waals surface area contributed by atoms with Crippen LogP contribution in [0, 0.1) is 6.92 Å². The lowest BCUT2D eigenvalue weighted by molar-refractivity contribution is 0.443. The van der Waals surface area contributed by atoms with Crippen molar-refractivity contribution in [2.45, 2.75) is 65.3 Å². The molecule has 0 amide bonds. The number of aryl methyl sites for hydroxylation is 1. The lowest BCUT2D eigenvalue weighted by Gasteiger charge is -2.35. The molecule has 112 valence electrons. The first kappa shape index (κ1) is 15.1. The van der Waals surface area contributed by atoms with E-state index in [1.165, 1.54) is 38.5 Å². The van der Waals surface area contributed by atoms with Crippen molar-refractivity contribution < 1.29 is 0 Å². The van der Waals surface area contributed by atoms with Crippen LogP contribution in [0.5, 0.6) is 0 Å². The lowest BCUT2D eigenvalue weighted by atomic mass is 10.0. The van der Waals surface area contributed by atoms with E-state index in [2.05, 4.69) is 36.0 Å². The molecule has 20 heavy (non-hydrogen) atoms. The van der Waals surface area contributed by atoms with Crippen LogP contribution >= 0.6 is 0 Å². The average Bonchev–Trinajstić information content (AvgIpc) is 2.47. The third kappa shape index (κ3) is 3.84. The molecule has 0 aliphatic carbocycles. The van der Waals surface area contributed by atoms with Crippen molar-refractivity contribution in [2.24, 2.45) is 0 Å². The van der Waals surface area contributed by atoms with Gasteiger partial charge < -0.3 is 10.2 Å². The molecule has 1 unspecified atom stereocenters. The maximum absolute atomic E-state index is 4.73. The number of aromatic nitrogens is 2. The zero-order valence-corrected chi connectivity index (χ0v) is 13.2. The first-order chi connectivity index (χ1) is 9.74. The molecule has 0 aromatic carbocycles. The maximum atomic E-state index is 4.73. The largest absolute Gasteiger partial charge is 0.370 e. The van der Waals surface area contributed by atoms with Gasteiger partial charge in [-0.2, -0.15) is 4.98 Å². The van der Waals surface area contributed by atoms with E-state index < -0.39 is 0 Å². The summed E-state index contributed by atoms with van der Waals surface area (Å²) in [5.41, 5.74) is 1.05. The van der Waals surface area contributed by atoms with Gasteiger partial charge >= 0.3 is 0 Å². The van der Waals surface area contributed by atoms with Crippen LogP contribution in [0.15, 0.2) is 6.07 Å². The minimum absolute atomic E-state index is 0.606. The van der Waals surface area contributed by atoms with Crippen LogP contribution in [0.3, 0.4) is 0 Å². The van der Waals surface area contributed by atoms with Gasteiger partial charge in [0.15, 0.2) is 0 Å². The third-order valence-corrected chi connectivity index (χ3v) is 4.03. The Kier molecular flexibility index (Phi) is 5.62. The first-order valence-electron chi connectivity index (χ1n) is 8.10. The summed E-state index contributed by atoms with van der Waals surface area (Å²) in [6.07, 6.45) is 7.42. The number of piperidine rings is 1. The van der Waals surface area contributed by atoms with Crippen molar-refractivity contribution in [1.82, 2.24) is 9.97 Å². The van der Waals surface area contributed by atoms with Gasteiger partial charge in [0, 0.05) is 30.9 Å². The standard InChI is InChI=1S/C16H28N4/c1-4-6-10-17-15-12-13(3)18-16(19-15)20-11-8-7-9-14(20)5-2/h12,14H,4-11H2,1-3H3,(H,17,18,19). The van der Waals surface area contributed by atoms with E-state index in [4.69, 9.17) is 4.98 Å². The molecule has 1 fully saturated rings. The van der Waals surface area contributed by atoms with Crippen molar-refractivity contribution >= 4 is 11.8 Å². The summed E-state index contributed by atoms with van der Waals surface area (Å²) in [5.74, 6) is 1.89. The van der Waals surface area contributed by atoms with Crippen LogP contribution < -0.4 is 10.2 Å². The topological polar surface area (TPSA) is 41.1 Å². The van der Waals surface area contributed by atoms with Crippen molar-refractivity contribution in [1.29, 1.82) is 0 Å². The molecule has 2 rings (SSSR count). The van der Waals surface area contributed by atoms with Crippen molar-refractivity contribution in [3.63, 3.8) is 0 Å². The van der Waals surface area contributed by atoms with E-state index in [0.29, 0.717) is 6.04 Å². The Bertz CT molecular complexity index is 419. The Morgan fingerprint density at radius 1 is 1.30 bits per heavy atom. The van der Waals surface area contributed by atoms with E-state index in [0.717, 1.165) is 30.5 Å². The number of hydrogen-bond acceptors (Lipinski definition) is 4. The normalized spacial score (nSPS) is 19.1. The van der Waals surface area contributed by atoms with Crippen molar-refractivity contribution in [3.05, 3.63) is 11.8 Å². The predicted octanol–water partition coefficient (Wildman–Crippen LogP) is 3.77. The van der Waals surface area contributed by atoms with Gasteiger partial charge in [0.2, 0.25) is 5.95 Å². The van der Waals surface area contributed by atoms with E-state index in [9.17, 15) is 0 Å². The van der Waals surface area contributed by atoms with Gasteiger partial charge in [-0.1, -0.05) is 20.3 Å². The summed E-state index contributed by atoms with van der Waals surface area (Å²) < 4.78 is 0. The number of hydrogen-bond donors (Lipinski definition) is 1. The summed E-state index contributed by atoms with van der Waals surface area (Å²) in [6.45, 7) is 8.61. The number of rotatable bonds is 6. The molecule has 2 heterocycles. The summed E-state index contributed by atoms with van der Waals surface area (Å²) in [5, 5.41) is 3.42. The average molecular weight is 276 g/mol. The Morgan fingerprint density at radius 2 is 2.15 bits per heavy atom. The van der Waals surface area contributed by atoms with Crippen LogP contribution in [-0.2, 0) is 0 Å². The molecule has 1 N–H and O–H groups in total. The smallest absolute Gasteiger partial charge is 0.227 e. The second-order valence-corrected chi connectivity index (χ2v) is 5.73. The number of nitrogens with zero attached hydrogens (tertiary/aromatic N) is 3. The molecular formula is C16H28N4. The van der Waals surface area contributed by atoms with Gasteiger partial charge in [0.1, 0.15) is 5.82 Å². The SMILES string of the molecule is CCCCNc1cc(C)nc(N2CCCCC2CC)n1. The third-order valence-electron chi connectivity index (χ3n) is 4.03. The van der Waals surface area contributed by atoms with Gasteiger partial charge in [-0.15, -0.1) is 0 Å². The molecule has 4 heteroatoms. The molecule has 1 aliphatic heterocycles. The number of anilines is 2. The number of unbranched alkanes of at least 4 members (excludes halogenated alkanes) is 1. The molecule has 1 aliphatic rings. The minimum atomic E-state index is 0.606. The maximum Gasteiger partial charge on any atom is 0.227 e. The zero-order chi connectivity index (χ0) is 14.4. The highest BCUT2D eigenvalue weighted by Crippen LogP contribution is 2.25. The van der Waals surface area contributed by atoms with Crippen molar-refractivity contribution in [2.75, 3.05) is 23.3 Å². The van der Waals surface area contributed by atoms with Gasteiger partial charge in [-0.25, -0.2) is 4.98 Å². The van der Waals surface area contributed by atoms with Gasteiger partial charge in [-0.3, -0.25) is 0 Å². The molecule has 0 spiro atoms. The fourth-order valence-corrected chi connectivity index (χ4v) is 2.85. The Morgan fingerprint density at radius 3 is 2.90 bits per heavy atom. The van der Waals surface area contributed by atoms with Crippen LogP contribution in [0.2, 0.25) is 0 Å². The summed E-state index contributed by atoms with van der Waals surface area (Å²) >= 11 is 0. The summed E-state index contributed by atoms with van der Waals surface area (Å²) in [7, 11) is 0. The fourth-order valence-electron chi connectivity index (χ4n) is 2.85. The minimum Gasteiger partial charge on any atom is -0.370 e. The highest BCUT2D eigenvalue weighted by molar-refractivity contribution is 5.44. The molecular weight excluding hydrogens is 248 g/mol. The summed E-state index contributed by atoms with van der Waals surface area (Å²) in [6, 6.07) is 2.65. The van der Waals surface area contributed by atoms with Crippen molar-refractivity contribution in [3.8, 4) is 0 Å². The fraction of sp³-hybridized carbons (Fsp3) is 0.750. The number of nitrogens with one attached hydrogen (secondary N) is 1. The molecule has 1 aromatic heterocycles.